The van der Waals surface area contributed by atoms with E-state index in [-0.39, 0.29) is 5.91 Å². The lowest BCUT2D eigenvalue weighted by Crippen LogP contribution is -2.48. The molecular formula is C12H17N2O. The first-order chi connectivity index (χ1) is 7.18. The van der Waals surface area contributed by atoms with Crippen LogP contribution in [0.3, 0.4) is 0 Å². The topological polar surface area (TPSA) is 23.6 Å². The Hall–Kier alpha value is -1.25. The highest BCUT2D eigenvalue weighted by Crippen LogP contribution is 2.22. The molecule has 1 aliphatic carbocycles. The highest BCUT2D eigenvalue weighted by Gasteiger charge is 2.23. The van der Waals surface area contributed by atoms with Gasteiger partial charge in [0.25, 0.3) is 0 Å². The molecule has 1 radical (unpaired) electrons. The van der Waals surface area contributed by atoms with E-state index >= 15 is 0 Å². The zero-order chi connectivity index (χ0) is 10.8. The highest BCUT2D eigenvalue weighted by molar-refractivity contribution is 5.79. The summed E-state index contributed by atoms with van der Waals surface area (Å²) in [6.45, 7) is 4.39. The second-order valence-electron chi connectivity index (χ2n) is 4.15. The Morgan fingerprint density at radius 2 is 2.13 bits per heavy atom. The third-order valence-corrected chi connectivity index (χ3v) is 3.02. The van der Waals surface area contributed by atoms with Crippen molar-refractivity contribution in [3.63, 3.8) is 0 Å². The lowest BCUT2D eigenvalue weighted by Gasteiger charge is -2.36. The van der Waals surface area contributed by atoms with Crippen molar-refractivity contribution >= 4 is 5.91 Å². The van der Waals surface area contributed by atoms with Crippen molar-refractivity contribution in [2.75, 3.05) is 26.7 Å². The van der Waals surface area contributed by atoms with Crippen LogP contribution in [0.4, 0.5) is 0 Å². The van der Waals surface area contributed by atoms with Crippen molar-refractivity contribution in [1.29, 1.82) is 0 Å². The number of hydrogen-bond donors (Lipinski definition) is 0. The van der Waals surface area contributed by atoms with E-state index in [0.717, 1.165) is 19.5 Å². The normalized spacial score (nSPS) is 22.7. The van der Waals surface area contributed by atoms with E-state index < -0.39 is 0 Å². The fourth-order valence-electron chi connectivity index (χ4n) is 2.01. The van der Waals surface area contributed by atoms with Gasteiger partial charge in [0.15, 0.2) is 0 Å². The Labute approximate surface area is 91.0 Å². The van der Waals surface area contributed by atoms with Crippen LogP contribution in [0.2, 0.25) is 0 Å². The number of nitrogens with zero attached hydrogens (tertiary/aromatic N) is 2. The number of carbonyl (C=O) groups excluding carboxylic acids is 1. The van der Waals surface area contributed by atoms with Crippen LogP contribution in [0.15, 0.2) is 23.4 Å². The SMILES string of the molecule is CC1=C[CH]CC=C1N1CCN(C)C(=O)C1. The van der Waals surface area contributed by atoms with Crippen LogP contribution in [-0.2, 0) is 4.79 Å². The maximum Gasteiger partial charge on any atom is 0.241 e. The van der Waals surface area contributed by atoms with E-state index in [4.69, 9.17) is 0 Å². The van der Waals surface area contributed by atoms with Gasteiger partial charge in [0, 0.05) is 25.8 Å². The summed E-state index contributed by atoms with van der Waals surface area (Å²) in [4.78, 5) is 15.6. The standard InChI is InChI=1S/C12H17N2O/c1-10-5-3-4-6-11(10)14-8-7-13(2)12(15)9-14/h3,5-6H,4,7-9H2,1-2H3. The van der Waals surface area contributed by atoms with Crippen LogP contribution in [0.1, 0.15) is 13.3 Å². The summed E-state index contributed by atoms with van der Waals surface area (Å²) >= 11 is 0. The predicted molar refractivity (Wildman–Crippen MR) is 60.0 cm³/mol. The molecule has 3 nitrogen and oxygen atoms in total. The fraction of sp³-hybridized carbons (Fsp3) is 0.500. The van der Waals surface area contributed by atoms with Crippen LogP contribution in [0.5, 0.6) is 0 Å². The van der Waals surface area contributed by atoms with Crippen LogP contribution in [0.25, 0.3) is 0 Å². The van der Waals surface area contributed by atoms with Crippen LogP contribution in [-0.4, -0.2) is 42.4 Å². The second kappa shape index (κ2) is 4.09. The lowest BCUT2D eigenvalue weighted by atomic mass is 10.0. The molecule has 0 saturated carbocycles. The first-order valence-corrected chi connectivity index (χ1v) is 5.38. The second-order valence-corrected chi connectivity index (χ2v) is 4.15. The molecule has 1 amide bonds. The molecule has 0 aromatic heterocycles. The van der Waals surface area contributed by atoms with Gasteiger partial charge in [0.1, 0.15) is 0 Å². The molecule has 1 saturated heterocycles. The predicted octanol–water partition coefficient (Wildman–Crippen LogP) is 1.20. The molecule has 0 N–H and O–H groups in total. The lowest BCUT2D eigenvalue weighted by molar-refractivity contribution is -0.133. The summed E-state index contributed by atoms with van der Waals surface area (Å²) in [5.41, 5.74) is 2.50. The smallest absolute Gasteiger partial charge is 0.241 e. The number of likely N-dealkylation sites (N-methyl/N-ethyl adjacent to an activating group) is 1. The Bertz CT molecular complexity index is 331. The minimum atomic E-state index is 0.213. The third-order valence-electron chi connectivity index (χ3n) is 3.02. The molecule has 0 bridgehead atoms. The Morgan fingerprint density at radius 1 is 1.33 bits per heavy atom. The number of amides is 1. The van der Waals surface area contributed by atoms with Crippen molar-refractivity contribution in [3.8, 4) is 0 Å². The highest BCUT2D eigenvalue weighted by atomic mass is 16.2. The maximum atomic E-state index is 11.6. The molecule has 15 heavy (non-hydrogen) atoms. The van der Waals surface area contributed by atoms with Crippen LogP contribution < -0.4 is 0 Å². The first-order valence-electron chi connectivity index (χ1n) is 5.38. The molecular weight excluding hydrogens is 188 g/mol. The zero-order valence-electron chi connectivity index (χ0n) is 9.36. The molecule has 1 fully saturated rings. The number of allylic oxidation sites excluding steroid dienone is 3. The van der Waals surface area contributed by atoms with Gasteiger partial charge in [-0.1, -0.05) is 12.2 Å². The summed E-state index contributed by atoms with van der Waals surface area (Å²) in [6.07, 6.45) is 7.47. The molecule has 2 aliphatic rings. The van der Waals surface area contributed by atoms with Gasteiger partial charge >= 0.3 is 0 Å². The van der Waals surface area contributed by atoms with Crippen molar-refractivity contribution < 1.29 is 4.79 Å². The Kier molecular flexibility index (Phi) is 2.80. The molecule has 1 aliphatic heterocycles. The minimum Gasteiger partial charge on any atom is -0.360 e. The van der Waals surface area contributed by atoms with Crippen molar-refractivity contribution in [2.24, 2.45) is 0 Å². The Balaban J connectivity index is 2.09. The maximum absolute atomic E-state index is 11.6. The zero-order valence-corrected chi connectivity index (χ0v) is 9.36. The molecule has 1 heterocycles. The van der Waals surface area contributed by atoms with Crippen molar-refractivity contribution in [3.05, 3.63) is 29.8 Å². The van der Waals surface area contributed by atoms with Crippen LogP contribution in [0, 0.1) is 6.42 Å². The quantitative estimate of drug-likeness (QED) is 0.642. The summed E-state index contributed by atoms with van der Waals surface area (Å²) < 4.78 is 0. The largest absolute Gasteiger partial charge is 0.360 e. The fourth-order valence-corrected chi connectivity index (χ4v) is 2.01. The van der Waals surface area contributed by atoms with E-state index in [1.165, 1.54) is 11.3 Å². The molecule has 0 spiro atoms. The molecule has 3 heteroatoms. The molecule has 0 unspecified atom stereocenters. The third kappa shape index (κ3) is 2.06. The Morgan fingerprint density at radius 3 is 2.80 bits per heavy atom. The molecule has 0 aromatic carbocycles. The number of carbonyl (C=O) groups is 1. The van der Waals surface area contributed by atoms with Crippen molar-refractivity contribution in [2.45, 2.75) is 13.3 Å². The van der Waals surface area contributed by atoms with Gasteiger partial charge in [0.2, 0.25) is 5.91 Å². The van der Waals surface area contributed by atoms with Gasteiger partial charge in [-0.25, -0.2) is 0 Å². The van der Waals surface area contributed by atoms with Crippen molar-refractivity contribution in [1.82, 2.24) is 9.80 Å². The first kappa shape index (κ1) is 10.3. The van der Waals surface area contributed by atoms with Gasteiger partial charge in [0.05, 0.1) is 6.54 Å². The van der Waals surface area contributed by atoms with Gasteiger partial charge < -0.3 is 9.80 Å². The molecule has 0 aromatic rings. The number of hydrogen-bond acceptors (Lipinski definition) is 2. The van der Waals surface area contributed by atoms with E-state index in [2.05, 4.69) is 30.4 Å². The molecule has 0 atom stereocenters. The van der Waals surface area contributed by atoms with Gasteiger partial charge in [-0.2, -0.15) is 0 Å². The summed E-state index contributed by atoms with van der Waals surface area (Å²) in [5, 5.41) is 0. The van der Waals surface area contributed by atoms with E-state index in [1.807, 2.05) is 7.05 Å². The number of rotatable bonds is 1. The molecule has 81 valence electrons. The van der Waals surface area contributed by atoms with Gasteiger partial charge in [-0.15, -0.1) is 0 Å². The monoisotopic (exact) mass is 205 g/mol. The van der Waals surface area contributed by atoms with E-state index in [9.17, 15) is 4.79 Å². The van der Waals surface area contributed by atoms with Crippen LogP contribution >= 0.6 is 0 Å². The number of piperazine rings is 1. The van der Waals surface area contributed by atoms with E-state index in [0.29, 0.717) is 6.54 Å². The van der Waals surface area contributed by atoms with Gasteiger partial charge in [-0.05, 0) is 25.3 Å². The summed E-state index contributed by atoms with van der Waals surface area (Å²) in [6, 6.07) is 0. The summed E-state index contributed by atoms with van der Waals surface area (Å²) in [7, 11) is 1.87. The average molecular weight is 205 g/mol. The summed E-state index contributed by atoms with van der Waals surface area (Å²) in [5.74, 6) is 0.213. The molecule has 2 rings (SSSR count). The minimum absolute atomic E-state index is 0.213. The van der Waals surface area contributed by atoms with Gasteiger partial charge in [-0.3, -0.25) is 4.79 Å². The average Bonchev–Trinajstić information content (AvgIpc) is 2.23. The van der Waals surface area contributed by atoms with E-state index in [1.54, 1.807) is 4.90 Å².